The summed E-state index contributed by atoms with van der Waals surface area (Å²) < 4.78 is 5.10. The van der Waals surface area contributed by atoms with Crippen LogP contribution in [0.2, 0.25) is 0 Å². The number of carbonyl (C=O) groups is 1. The summed E-state index contributed by atoms with van der Waals surface area (Å²) in [6, 6.07) is 0. The molecular formula is C13H22N4O2S. The number of hydrogen-bond donors (Lipinski definition) is 1. The van der Waals surface area contributed by atoms with E-state index in [9.17, 15) is 4.79 Å². The van der Waals surface area contributed by atoms with Crippen molar-refractivity contribution >= 4 is 22.4 Å². The van der Waals surface area contributed by atoms with Gasteiger partial charge in [0.05, 0.1) is 12.3 Å². The lowest BCUT2D eigenvalue weighted by Crippen LogP contribution is -2.36. The molecule has 0 aliphatic carbocycles. The van der Waals surface area contributed by atoms with Crippen LogP contribution in [-0.2, 0) is 4.74 Å². The van der Waals surface area contributed by atoms with Gasteiger partial charge in [-0.2, -0.15) is 0 Å². The highest BCUT2D eigenvalue weighted by atomic mass is 32.1. The van der Waals surface area contributed by atoms with Crippen molar-refractivity contribution in [2.75, 3.05) is 52.2 Å². The Morgan fingerprint density at radius 2 is 2.20 bits per heavy atom. The van der Waals surface area contributed by atoms with E-state index in [4.69, 9.17) is 10.5 Å². The van der Waals surface area contributed by atoms with E-state index in [1.165, 1.54) is 11.3 Å². The molecule has 0 radical (unpaired) electrons. The number of thiazole rings is 1. The Bertz CT molecular complexity index is 463. The standard InChI is InChI=1S/C13H22N4O2S/c1-10-11(20-13(14)15-10)12(18)17-5-3-4-16(6-7-17)8-9-19-2/h3-9H2,1-2H3,(H2,14,15). The Morgan fingerprint density at radius 3 is 2.85 bits per heavy atom. The average Bonchev–Trinajstić information content (AvgIpc) is 2.65. The molecule has 0 atom stereocenters. The smallest absolute Gasteiger partial charge is 0.265 e. The zero-order valence-corrected chi connectivity index (χ0v) is 12.9. The second-order valence-electron chi connectivity index (χ2n) is 4.95. The number of nitrogens with zero attached hydrogens (tertiary/aromatic N) is 3. The fourth-order valence-electron chi connectivity index (χ4n) is 2.38. The highest BCUT2D eigenvalue weighted by Gasteiger charge is 2.23. The van der Waals surface area contributed by atoms with Crippen LogP contribution in [0.15, 0.2) is 0 Å². The number of hydrogen-bond acceptors (Lipinski definition) is 6. The third kappa shape index (κ3) is 3.68. The van der Waals surface area contributed by atoms with Crippen molar-refractivity contribution in [3.63, 3.8) is 0 Å². The molecule has 1 aliphatic heterocycles. The van der Waals surface area contributed by atoms with Crippen LogP contribution < -0.4 is 5.73 Å². The number of nitrogen functional groups attached to an aromatic ring is 1. The summed E-state index contributed by atoms with van der Waals surface area (Å²) in [5, 5.41) is 0.461. The maximum atomic E-state index is 12.5. The van der Waals surface area contributed by atoms with Crippen molar-refractivity contribution in [3.05, 3.63) is 10.6 Å². The first-order valence-electron chi connectivity index (χ1n) is 6.85. The number of ether oxygens (including phenoxy) is 1. The molecule has 0 aromatic carbocycles. The summed E-state index contributed by atoms with van der Waals surface area (Å²) in [6.45, 7) is 6.94. The van der Waals surface area contributed by atoms with Crippen molar-refractivity contribution in [2.45, 2.75) is 13.3 Å². The molecule has 112 valence electrons. The van der Waals surface area contributed by atoms with E-state index in [-0.39, 0.29) is 5.91 Å². The SMILES string of the molecule is COCCN1CCCN(C(=O)c2sc(N)nc2C)CC1. The third-order valence-electron chi connectivity index (χ3n) is 3.49. The van der Waals surface area contributed by atoms with Gasteiger partial charge in [0, 0.05) is 33.3 Å². The molecule has 1 amide bonds. The van der Waals surface area contributed by atoms with Gasteiger partial charge in [-0.05, 0) is 19.9 Å². The van der Waals surface area contributed by atoms with E-state index in [0.29, 0.717) is 10.0 Å². The summed E-state index contributed by atoms with van der Waals surface area (Å²) in [6.07, 6.45) is 0.989. The molecule has 7 heteroatoms. The molecule has 0 bridgehead atoms. The predicted molar refractivity (Wildman–Crippen MR) is 80.1 cm³/mol. The largest absolute Gasteiger partial charge is 0.383 e. The van der Waals surface area contributed by atoms with Gasteiger partial charge in [0.25, 0.3) is 5.91 Å². The van der Waals surface area contributed by atoms with Crippen molar-refractivity contribution in [3.8, 4) is 0 Å². The van der Waals surface area contributed by atoms with E-state index in [1.54, 1.807) is 7.11 Å². The molecule has 2 rings (SSSR count). The Morgan fingerprint density at radius 1 is 1.40 bits per heavy atom. The minimum Gasteiger partial charge on any atom is -0.383 e. The lowest BCUT2D eigenvalue weighted by Gasteiger charge is -2.21. The number of nitrogens with two attached hydrogens (primary N) is 1. The van der Waals surface area contributed by atoms with Gasteiger partial charge in [-0.3, -0.25) is 9.69 Å². The maximum absolute atomic E-state index is 12.5. The Labute approximate surface area is 123 Å². The molecule has 1 aliphatic rings. The summed E-state index contributed by atoms with van der Waals surface area (Å²) in [7, 11) is 1.71. The van der Waals surface area contributed by atoms with E-state index in [2.05, 4.69) is 9.88 Å². The Hall–Kier alpha value is -1.18. The number of amides is 1. The minimum absolute atomic E-state index is 0.0605. The van der Waals surface area contributed by atoms with Crippen LogP contribution in [0.5, 0.6) is 0 Å². The van der Waals surface area contributed by atoms with Gasteiger partial charge in [0.1, 0.15) is 4.88 Å². The molecule has 20 heavy (non-hydrogen) atoms. The lowest BCUT2D eigenvalue weighted by atomic mass is 10.3. The first-order chi connectivity index (χ1) is 9.61. The van der Waals surface area contributed by atoms with Crippen LogP contribution in [0.1, 0.15) is 21.8 Å². The topological polar surface area (TPSA) is 71.7 Å². The quantitative estimate of drug-likeness (QED) is 0.891. The highest BCUT2D eigenvalue weighted by Crippen LogP contribution is 2.22. The molecule has 1 aromatic heterocycles. The summed E-state index contributed by atoms with van der Waals surface area (Å²) in [5.74, 6) is 0.0605. The van der Waals surface area contributed by atoms with Crippen molar-refractivity contribution in [2.24, 2.45) is 0 Å². The third-order valence-corrected chi connectivity index (χ3v) is 4.47. The van der Waals surface area contributed by atoms with Gasteiger partial charge in [-0.25, -0.2) is 4.98 Å². The van der Waals surface area contributed by atoms with E-state index in [0.717, 1.165) is 51.4 Å². The molecule has 1 fully saturated rings. The molecule has 6 nitrogen and oxygen atoms in total. The molecule has 0 saturated carbocycles. The number of rotatable bonds is 4. The van der Waals surface area contributed by atoms with Gasteiger partial charge in [-0.1, -0.05) is 11.3 Å². The summed E-state index contributed by atoms with van der Waals surface area (Å²) in [5.41, 5.74) is 6.40. The average molecular weight is 298 g/mol. The van der Waals surface area contributed by atoms with Crippen LogP contribution in [0.4, 0.5) is 5.13 Å². The van der Waals surface area contributed by atoms with Gasteiger partial charge in [0.2, 0.25) is 0 Å². The number of aryl methyl sites for hydroxylation is 1. The monoisotopic (exact) mass is 298 g/mol. The highest BCUT2D eigenvalue weighted by molar-refractivity contribution is 7.17. The zero-order valence-electron chi connectivity index (χ0n) is 12.1. The Kier molecular flexibility index (Phi) is 5.33. The molecule has 1 aromatic rings. The van der Waals surface area contributed by atoms with Gasteiger partial charge < -0.3 is 15.4 Å². The van der Waals surface area contributed by atoms with Gasteiger partial charge in [-0.15, -0.1) is 0 Å². The van der Waals surface area contributed by atoms with Gasteiger partial charge in [0.15, 0.2) is 5.13 Å². The number of methoxy groups -OCH3 is 1. The summed E-state index contributed by atoms with van der Waals surface area (Å²) >= 11 is 1.28. The fraction of sp³-hybridized carbons (Fsp3) is 0.692. The molecule has 1 saturated heterocycles. The van der Waals surface area contributed by atoms with Crippen LogP contribution >= 0.6 is 11.3 Å². The fourth-order valence-corrected chi connectivity index (χ4v) is 3.18. The number of carbonyl (C=O) groups excluding carboxylic acids is 1. The first-order valence-corrected chi connectivity index (χ1v) is 7.67. The van der Waals surface area contributed by atoms with Crippen molar-refractivity contribution < 1.29 is 9.53 Å². The van der Waals surface area contributed by atoms with Crippen LogP contribution in [0, 0.1) is 6.92 Å². The number of aromatic nitrogens is 1. The van der Waals surface area contributed by atoms with Crippen LogP contribution in [-0.4, -0.2) is 67.1 Å². The molecule has 2 N–H and O–H groups in total. The van der Waals surface area contributed by atoms with Crippen molar-refractivity contribution in [1.29, 1.82) is 0 Å². The van der Waals surface area contributed by atoms with Crippen LogP contribution in [0.3, 0.4) is 0 Å². The zero-order chi connectivity index (χ0) is 14.5. The Balaban J connectivity index is 1.96. The van der Waals surface area contributed by atoms with Gasteiger partial charge >= 0.3 is 0 Å². The molecular weight excluding hydrogens is 276 g/mol. The maximum Gasteiger partial charge on any atom is 0.265 e. The predicted octanol–water partition coefficient (Wildman–Crippen LogP) is 0.828. The molecule has 2 heterocycles. The van der Waals surface area contributed by atoms with Crippen molar-refractivity contribution in [1.82, 2.24) is 14.8 Å². The molecule has 0 unspecified atom stereocenters. The lowest BCUT2D eigenvalue weighted by molar-refractivity contribution is 0.0763. The summed E-state index contributed by atoms with van der Waals surface area (Å²) in [4.78, 5) is 21.6. The second kappa shape index (κ2) is 7.01. The van der Waals surface area contributed by atoms with E-state index < -0.39 is 0 Å². The van der Waals surface area contributed by atoms with E-state index in [1.807, 2.05) is 11.8 Å². The first kappa shape index (κ1) is 15.2. The van der Waals surface area contributed by atoms with Crippen LogP contribution in [0.25, 0.3) is 0 Å². The number of anilines is 1. The second-order valence-corrected chi connectivity index (χ2v) is 5.98. The minimum atomic E-state index is 0.0605. The molecule has 0 spiro atoms. The normalized spacial score (nSPS) is 17.2. The van der Waals surface area contributed by atoms with E-state index >= 15 is 0 Å².